The van der Waals surface area contributed by atoms with E-state index in [1.165, 1.54) is 50.2 Å². The zero-order valence-corrected chi connectivity index (χ0v) is 73.0. The van der Waals surface area contributed by atoms with Gasteiger partial charge >= 0.3 is 23.9 Å². The van der Waals surface area contributed by atoms with Gasteiger partial charge in [-0.3, -0.25) is 34.4 Å². The Morgan fingerprint density at radius 1 is 0.295 bits per heavy atom. The van der Waals surface area contributed by atoms with E-state index in [4.69, 9.17) is 53.1 Å². The number of aromatic carboxylic acids is 3. The fourth-order valence-corrected chi connectivity index (χ4v) is 15.9. The summed E-state index contributed by atoms with van der Waals surface area (Å²) in [6.45, 7) is -0.243. The van der Waals surface area contributed by atoms with Crippen LogP contribution in [0.5, 0.6) is 5.75 Å². The van der Waals surface area contributed by atoms with E-state index in [9.17, 15) is 34.5 Å². The predicted octanol–water partition coefficient (Wildman–Crippen LogP) is 18.4. The van der Waals surface area contributed by atoms with Gasteiger partial charge in [-0.25, -0.2) is 34.3 Å². The Bertz CT molecular complexity index is 7480. The number of fused-ring (bicyclic) bond motifs is 4. The van der Waals surface area contributed by atoms with Crippen LogP contribution in [-0.2, 0) is 11.3 Å². The molecule has 0 unspecified atom stereocenters. The molecule has 0 aliphatic heterocycles. The highest BCUT2D eigenvalue weighted by atomic mass is 79.9. The van der Waals surface area contributed by atoms with Gasteiger partial charge in [0.15, 0.2) is 22.6 Å². The summed E-state index contributed by atoms with van der Waals surface area (Å²) in [6.07, 6.45) is 19.8. The van der Waals surface area contributed by atoms with E-state index in [1.807, 2.05) is 170 Å². The van der Waals surface area contributed by atoms with Crippen molar-refractivity contribution < 1.29 is 44.7 Å². The maximum atomic E-state index is 11.4. The van der Waals surface area contributed by atoms with Crippen LogP contribution >= 0.6 is 63.7 Å². The zero-order chi connectivity index (χ0) is 89.8. The first kappa shape index (κ1) is 84.8. The molecular formula is C93H63Br4N23O9. The quantitative estimate of drug-likeness (QED) is 0.0409. The van der Waals surface area contributed by atoms with Crippen molar-refractivity contribution in [1.29, 1.82) is 0 Å². The van der Waals surface area contributed by atoms with Gasteiger partial charge in [-0.2, -0.15) is 43.6 Å². The van der Waals surface area contributed by atoms with Crippen LogP contribution < -0.4 is 22.9 Å². The van der Waals surface area contributed by atoms with Crippen molar-refractivity contribution >= 4 is 133 Å². The number of phenols is 1. The lowest BCUT2D eigenvalue weighted by Gasteiger charge is -2.11. The molecular weight excluding hydrogens is 1900 g/mol. The number of carbonyl (C=O) groups is 4. The molecule has 129 heavy (non-hydrogen) atoms. The molecule has 632 valence electrons. The summed E-state index contributed by atoms with van der Waals surface area (Å²) >= 11 is 13.9. The Morgan fingerprint density at radius 2 is 0.628 bits per heavy atom. The second kappa shape index (κ2) is 36.4. The topological polar surface area (TPSA) is 477 Å². The molecule has 13 N–H and O–H groups in total. The number of carboxylic acid groups (broad SMARTS) is 4. The van der Waals surface area contributed by atoms with Crippen LogP contribution in [-0.4, -0.2) is 143 Å². The van der Waals surface area contributed by atoms with Crippen LogP contribution in [0.4, 0.5) is 23.3 Å². The minimum atomic E-state index is -1.14. The van der Waals surface area contributed by atoms with Crippen molar-refractivity contribution in [3.63, 3.8) is 0 Å². The van der Waals surface area contributed by atoms with Crippen LogP contribution in [0.3, 0.4) is 0 Å². The number of aromatic hydroxyl groups is 1. The van der Waals surface area contributed by atoms with Crippen molar-refractivity contribution in [2.24, 2.45) is 0 Å². The van der Waals surface area contributed by atoms with Crippen molar-refractivity contribution in [2.45, 2.75) is 6.54 Å². The summed E-state index contributed by atoms with van der Waals surface area (Å²) in [7, 11) is 0. The van der Waals surface area contributed by atoms with Crippen LogP contribution in [0.2, 0.25) is 0 Å². The van der Waals surface area contributed by atoms with Crippen LogP contribution in [0, 0.1) is 0 Å². The fourth-order valence-electron chi connectivity index (χ4n) is 13.9. The molecule has 0 bridgehead atoms. The van der Waals surface area contributed by atoms with Gasteiger partial charge in [0, 0.05) is 132 Å². The lowest BCUT2D eigenvalue weighted by atomic mass is 10.1. The number of nitrogen functional groups attached to an aromatic ring is 4. The summed E-state index contributed by atoms with van der Waals surface area (Å²) in [5.41, 5.74) is 45.5. The van der Waals surface area contributed by atoms with Gasteiger partial charge in [0.05, 0.1) is 111 Å². The molecule has 0 amide bonds. The number of nitrogens with zero attached hydrogens (tertiary/aromatic N) is 19. The number of benzene rings is 6. The van der Waals surface area contributed by atoms with E-state index >= 15 is 0 Å². The number of carboxylic acids is 4. The maximum Gasteiger partial charge on any atom is 0.337 e. The minimum Gasteiger partial charge on any atom is -0.507 e. The molecule has 0 aliphatic rings. The first-order valence-electron chi connectivity index (χ1n) is 38.7. The molecule has 14 aromatic heterocycles. The van der Waals surface area contributed by atoms with Crippen molar-refractivity contribution in [2.75, 3.05) is 22.9 Å². The van der Waals surface area contributed by atoms with E-state index in [1.54, 1.807) is 95.4 Å². The van der Waals surface area contributed by atoms with Crippen LogP contribution in [0.1, 0.15) is 31.1 Å². The number of anilines is 4. The second-order valence-corrected chi connectivity index (χ2v) is 31.7. The fraction of sp³-hybridized carbons (Fsp3) is 0.0108. The number of rotatable bonds is 17. The van der Waals surface area contributed by atoms with E-state index in [2.05, 4.69) is 114 Å². The molecule has 0 spiro atoms. The molecule has 20 rings (SSSR count). The number of halogens is 4. The maximum absolute atomic E-state index is 11.4. The third kappa shape index (κ3) is 17.4. The lowest BCUT2D eigenvalue weighted by molar-refractivity contribution is -0.137. The van der Waals surface area contributed by atoms with Gasteiger partial charge in [-0.05, 0) is 124 Å². The average Bonchev–Trinajstić information content (AvgIpc) is 1.67. The molecule has 0 radical (unpaired) electrons. The van der Waals surface area contributed by atoms with Crippen molar-refractivity contribution in [3.05, 3.63) is 327 Å². The van der Waals surface area contributed by atoms with Gasteiger partial charge in [-0.1, -0.05) is 158 Å². The highest BCUT2D eigenvalue weighted by Crippen LogP contribution is 2.42. The molecule has 32 nitrogen and oxygen atoms in total. The van der Waals surface area contributed by atoms with Gasteiger partial charge in [0.2, 0.25) is 0 Å². The molecule has 0 aliphatic carbocycles. The number of aliphatic carboxylic acids is 1. The lowest BCUT2D eigenvalue weighted by Crippen LogP contribution is -2.08. The Hall–Kier alpha value is -16.4. The van der Waals surface area contributed by atoms with Crippen LogP contribution in [0.15, 0.2) is 311 Å². The molecule has 0 saturated heterocycles. The van der Waals surface area contributed by atoms with Crippen molar-refractivity contribution in [1.82, 2.24) is 93.1 Å². The standard InChI is InChI=1S/C24H16BrN5O3.C24H16BrN5O2.C23H15BrN6O2.C22H16BrN7O2/c25-20-21(16-8-6-14(24(32)33)10-19(16)31)29-23-17(12-28-30(23)22(20)26)15-7-9-18(27-11-15)13-4-2-1-3-5-13;25-20-21(15-7-4-8-16(11-15)24(31)32)29-23-18(13-28-30(23)22(20)26)17-9-10-19(27-12-17)14-5-2-1-3-6-14;24-19-20(15-8-16(23(31)32)10-26-9-15)29-22-17(12-28-30(22)21(19)25)14-6-7-18(27-11-14)13-4-2-1-3-5-13;23-19-20(15-9-26-29(11-15)12-18(31)32)28-22-16(10-27-30(22)21(19)24)14-6-7-17(25-8-14)13-4-2-1-3-5-13/h1-12,31H,26H2,(H,32,33);1-13H,26H2,(H,31,32);1-12H,25H2,(H,31,32);1-11H,12,24H2,(H,31,32). The third-order valence-electron chi connectivity index (χ3n) is 20.4. The number of aromatic nitrogens is 19. The second-order valence-electron chi connectivity index (χ2n) is 28.5. The number of phenolic OH excluding ortho intramolecular Hbond substituents is 1. The van der Waals surface area contributed by atoms with E-state index in [-0.39, 0.29) is 34.8 Å². The van der Waals surface area contributed by atoms with E-state index < -0.39 is 23.9 Å². The summed E-state index contributed by atoms with van der Waals surface area (Å²) < 4.78 is 9.48. The monoisotopic (exact) mass is 1960 g/mol. The SMILES string of the molecule is Nc1c(Br)c(-c2ccc(C(=O)O)cc2O)nc2c(-c3ccc(-c4ccccc4)nc3)cnn12.Nc1c(Br)c(-c2cccc(C(=O)O)c2)nc2c(-c3ccc(-c4ccccc4)nc3)cnn12.Nc1c(Br)c(-c2cncc(C(=O)O)c2)nc2c(-c3ccc(-c4ccccc4)nc3)cnn12.Nc1c(Br)c(-c2cnn(CC(=O)O)c2)nc2c(-c3ccc(-c4ccccc4)nc3)cnn12. The number of pyridine rings is 5. The van der Waals surface area contributed by atoms with Crippen LogP contribution in [0.25, 0.3) is 157 Å². The first-order chi connectivity index (χ1) is 62.5. The molecule has 0 fully saturated rings. The molecule has 0 atom stereocenters. The predicted molar refractivity (Wildman–Crippen MR) is 501 cm³/mol. The largest absolute Gasteiger partial charge is 0.507 e. The Morgan fingerprint density at radius 3 is 0.977 bits per heavy atom. The summed E-state index contributed by atoms with van der Waals surface area (Å²) in [6, 6.07) is 67.4. The minimum absolute atomic E-state index is 0.0314. The molecule has 14 heterocycles. The summed E-state index contributed by atoms with van der Waals surface area (Å²) in [4.78, 5) is 86.3. The highest BCUT2D eigenvalue weighted by molar-refractivity contribution is 9.11. The van der Waals surface area contributed by atoms with Gasteiger partial charge in [0.1, 0.15) is 35.6 Å². The van der Waals surface area contributed by atoms with Gasteiger partial charge in [-0.15, -0.1) is 0 Å². The number of hydrogen-bond acceptors (Lipinski definition) is 23. The van der Waals surface area contributed by atoms with E-state index in [0.717, 1.165) is 84.0 Å². The zero-order valence-electron chi connectivity index (χ0n) is 66.6. The smallest absolute Gasteiger partial charge is 0.337 e. The van der Waals surface area contributed by atoms with Gasteiger partial charge in [0.25, 0.3) is 0 Å². The Labute approximate surface area is 762 Å². The normalized spacial score (nSPS) is 11.1. The Balaban J connectivity index is 0.000000121. The van der Waals surface area contributed by atoms with E-state index in [0.29, 0.717) is 109 Å². The number of hydrogen-bond donors (Lipinski definition) is 9. The summed E-state index contributed by atoms with van der Waals surface area (Å²) in [5, 5.41) is 68.9. The number of nitrogens with two attached hydrogens (primary N) is 4. The molecule has 6 aromatic carbocycles. The van der Waals surface area contributed by atoms with Gasteiger partial charge < -0.3 is 48.5 Å². The van der Waals surface area contributed by atoms with Crippen molar-refractivity contribution in [3.8, 4) is 140 Å². The molecule has 0 saturated carbocycles. The Kier molecular flexibility index (Phi) is 23.9. The molecule has 36 heteroatoms. The highest BCUT2D eigenvalue weighted by Gasteiger charge is 2.26. The average molecular weight is 1970 g/mol. The first-order valence-corrected chi connectivity index (χ1v) is 41.9. The molecule has 20 aromatic rings. The third-order valence-corrected chi connectivity index (χ3v) is 23.5. The summed E-state index contributed by atoms with van der Waals surface area (Å²) in [5.74, 6) is -3.05.